The van der Waals surface area contributed by atoms with Crippen molar-refractivity contribution in [3.05, 3.63) is 35.9 Å². The van der Waals surface area contributed by atoms with Gasteiger partial charge < -0.3 is 0 Å². The van der Waals surface area contributed by atoms with Crippen LogP contribution in [-0.4, -0.2) is 61.9 Å². The van der Waals surface area contributed by atoms with Gasteiger partial charge in [0.25, 0.3) is 0 Å². The van der Waals surface area contributed by atoms with E-state index in [4.69, 9.17) is 0 Å². The van der Waals surface area contributed by atoms with E-state index < -0.39 is 9.84 Å². The van der Waals surface area contributed by atoms with E-state index in [2.05, 4.69) is 54.1 Å². The molecule has 0 spiro atoms. The molecule has 3 rings (SSSR count). The van der Waals surface area contributed by atoms with E-state index in [0.717, 1.165) is 26.1 Å². The number of hydrogen-bond acceptors (Lipinski definition) is 4. The smallest absolute Gasteiger partial charge is 0.152 e. The van der Waals surface area contributed by atoms with Gasteiger partial charge in [-0.15, -0.1) is 0 Å². The zero-order valence-electron chi connectivity index (χ0n) is 14.9. The first-order valence-corrected chi connectivity index (χ1v) is 10.9. The van der Waals surface area contributed by atoms with E-state index >= 15 is 0 Å². The minimum Gasteiger partial charge on any atom is -0.300 e. The second-order valence-corrected chi connectivity index (χ2v) is 10.1. The zero-order chi connectivity index (χ0) is 17.2. The number of nitrogens with zero attached hydrogens (tertiary/aromatic N) is 2. The first-order valence-electron chi connectivity index (χ1n) is 9.04. The average Bonchev–Trinajstić information content (AvgIpc) is 2.83. The summed E-state index contributed by atoms with van der Waals surface area (Å²) in [5, 5.41) is 0. The topological polar surface area (TPSA) is 40.6 Å². The van der Waals surface area contributed by atoms with Crippen molar-refractivity contribution in [2.45, 2.75) is 38.3 Å². The van der Waals surface area contributed by atoms with Gasteiger partial charge in [0.2, 0.25) is 0 Å². The minimum absolute atomic E-state index is 0.180. The summed E-state index contributed by atoms with van der Waals surface area (Å²) in [6.45, 7) is 6.41. The number of rotatable bonds is 5. The van der Waals surface area contributed by atoms with E-state index in [1.54, 1.807) is 0 Å². The third-order valence-electron chi connectivity index (χ3n) is 5.79. The van der Waals surface area contributed by atoms with Crippen LogP contribution in [0.2, 0.25) is 0 Å². The lowest BCUT2D eigenvalue weighted by Gasteiger charge is -2.40. The zero-order valence-corrected chi connectivity index (χ0v) is 15.8. The Bertz CT molecular complexity index is 647. The molecular formula is C19H30N2O2S. The molecular weight excluding hydrogens is 320 g/mol. The lowest BCUT2D eigenvalue weighted by Crippen LogP contribution is -2.49. The van der Waals surface area contributed by atoms with E-state index in [0.29, 0.717) is 17.4 Å². The van der Waals surface area contributed by atoms with Gasteiger partial charge in [0.05, 0.1) is 11.5 Å². The van der Waals surface area contributed by atoms with Crippen LogP contribution in [0.3, 0.4) is 0 Å². The standard InChI is InChI=1S/C19H30N2O2S/c1-19(10-12-24(22,23)16-19)20(2)13-18-9-6-11-21(15-18)14-17-7-4-3-5-8-17/h3-5,7-8,18H,6,9-16H2,1-2H3/t18-,19+/m1/s1. The SMILES string of the molecule is CN(C[C@H]1CCCN(Cc2ccccc2)C1)[C@@]1(C)CCS(=O)(=O)C1. The van der Waals surface area contributed by atoms with Gasteiger partial charge in [-0.25, -0.2) is 8.42 Å². The molecule has 0 amide bonds. The second kappa shape index (κ2) is 7.14. The molecule has 2 aliphatic heterocycles. The minimum atomic E-state index is -2.84. The van der Waals surface area contributed by atoms with E-state index in [-0.39, 0.29) is 5.54 Å². The third-order valence-corrected chi connectivity index (χ3v) is 7.68. The fraction of sp³-hybridized carbons (Fsp3) is 0.684. The van der Waals surface area contributed by atoms with E-state index in [1.165, 1.54) is 24.9 Å². The average molecular weight is 351 g/mol. The lowest BCUT2D eigenvalue weighted by molar-refractivity contribution is 0.0919. The molecule has 5 heteroatoms. The monoisotopic (exact) mass is 350 g/mol. The van der Waals surface area contributed by atoms with Crippen LogP contribution in [0.5, 0.6) is 0 Å². The molecule has 2 heterocycles. The Morgan fingerprint density at radius 3 is 2.71 bits per heavy atom. The predicted molar refractivity (Wildman–Crippen MR) is 98.7 cm³/mol. The largest absolute Gasteiger partial charge is 0.300 e. The fourth-order valence-electron chi connectivity index (χ4n) is 4.19. The Morgan fingerprint density at radius 1 is 1.29 bits per heavy atom. The van der Waals surface area contributed by atoms with Gasteiger partial charge >= 0.3 is 0 Å². The highest BCUT2D eigenvalue weighted by atomic mass is 32.2. The van der Waals surface area contributed by atoms with Crippen molar-refractivity contribution >= 4 is 9.84 Å². The normalized spacial score (nSPS) is 30.7. The molecule has 4 nitrogen and oxygen atoms in total. The van der Waals surface area contributed by atoms with Crippen molar-refractivity contribution in [1.82, 2.24) is 9.80 Å². The van der Waals surface area contributed by atoms with Crippen LogP contribution in [-0.2, 0) is 16.4 Å². The Morgan fingerprint density at radius 2 is 2.04 bits per heavy atom. The van der Waals surface area contributed by atoms with Crippen LogP contribution in [0.15, 0.2) is 30.3 Å². The van der Waals surface area contributed by atoms with Crippen molar-refractivity contribution in [2.24, 2.45) is 5.92 Å². The molecule has 0 unspecified atom stereocenters. The molecule has 0 aromatic heterocycles. The molecule has 0 N–H and O–H groups in total. The lowest BCUT2D eigenvalue weighted by atomic mass is 9.93. The molecule has 2 fully saturated rings. The molecule has 0 bridgehead atoms. The van der Waals surface area contributed by atoms with Crippen LogP contribution < -0.4 is 0 Å². The third kappa shape index (κ3) is 4.38. The van der Waals surface area contributed by atoms with Crippen molar-refractivity contribution in [1.29, 1.82) is 0 Å². The summed E-state index contributed by atoms with van der Waals surface area (Å²) in [7, 11) is -0.735. The molecule has 134 valence electrons. The maximum atomic E-state index is 11.9. The number of hydrogen-bond donors (Lipinski definition) is 0. The molecule has 2 saturated heterocycles. The molecule has 0 radical (unpaired) electrons. The Hall–Kier alpha value is -0.910. The van der Waals surface area contributed by atoms with Crippen LogP contribution in [0, 0.1) is 5.92 Å². The molecule has 24 heavy (non-hydrogen) atoms. The first-order chi connectivity index (χ1) is 11.4. The van der Waals surface area contributed by atoms with Crippen molar-refractivity contribution in [2.75, 3.05) is 38.2 Å². The number of sulfone groups is 1. The van der Waals surface area contributed by atoms with Crippen LogP contribution in [0.4, 0.5) is 0 Å². The number of likely N-dealkylation sites (tertiary alicyclic amines) is 1. The molecule has 2 aliphatic rings. The van der Waals surface area contributed by atoms with Gasteiger partial charge in [0.1, 0.15) is 0 Å². The fourth-order valence-corrected chi connectivity index (χ4v) is 6.40. The van der Waals surface area contributed by atoms with E-state index in [1.807, 2.05) is 0 Å². The maximum absolute atomic E-state index is 11.9. The summed E-state index contributed by atoms with van der Waals surface area (Å²) < 4.78 is 23.7. The van der Waals surface area contributed by atoms with Crippen molar-refractivity contribution in [3.63, 3.8) is 0 Å². The maximum Gasteiger partial charge on any atom is 0.152 e. The Kier molecular flexibility index (Phi) is 5.33. The summed E-state index contributed by atoms with van der Waals surface area (Å²) in [6, 6.07) is 10.7. The number of piperidine rings is 1. The summed E-state index contributed by atoms with van der Waals surface area (Å²) in [5.74, 6) is 1.29. The van der Waals surface area contributed by atoms with Gasteiger partial charge in [-0.05, 0) is 51.3 Å². The van der Waals surface area contributed by atoms with Gasteiger partial charge in [-0.1, -0.05) is 30.3 Å². The quantitative estimate of drug-likeness (QED) is 0.818. The highest BCUT2D eigenvalue weighted by Crippen LogP contribution is 2.30. The van der Waals surface area contributed by atoms with Crippen LogP contribution in [0.25, 0.3) is 0 Å². The van der Waals surface area contributed by atoms with Crippen LogP contribution >= 0.6 is 0 Å². The van der Waals surface area contributed by atoms with Gasteiger partial charge in [-0.3, -0.25) is 9.80 Å². The van der Waals surface area contributed by atoms with Crippen molar-refractivity contribution in [3.8, 4) is 0 Å². The molecule has 0 aliphatic carbocycles. The molecule has 0 saturated carbocycles. The Labute approximate surface area is 146 Å². The second-order valence-electron chi connectivity index (χ2n) is 7.95. The highest BCUT2D eigenvalue weighted by Gasteiger charge is 2.41. The van der Waals surface area contributed by atoms with Gasteiger partial charge in [0, 0.05) is 25.2 Å². The molecule has 2 atom stereocenters. The van der Waals surface area contributed by atoms with E-state index in [9.17, 15) is 8.42 Å². The van der Waals surface area contributed by atoms with Crippen LogP contribution in [0.1, 0.15) is 31.7 Å². The first kappa shape index (κ1) is 17.9. The molecule has 1 aromatic carbocycles. The van der Waals surface area contributed by atoms with Crippen molar-refractivity contribution < 1.29 is 8.42 Å². The summed E-state index contributed by atoms with van der Waals surface area (Å²) in [5.41, 5.74) is 1.20. The summed E-state index contributed by atoms with van der Waals surface area (Å²) in [6.07, 6.45) is 3.26. The van der Waals surface area contributed by atoms with Gasteiger partial charge in [-0.2, -0.15) is 0 Å². The molecule has 1 aromatic rings. The summed E-state index contributed by atoms with van der Waals surface area (Å²) in [4.78, 5) is 4.86. The Balaban J connectivity index is 1.55. The highest BCUT2D eigenvalue weighted by molar-refractivity contribution is 7.91. The number of benzene rings is 1. The predicted octanol–water partition coefficient (Wildman–Crippen LogP) is 2.41. The van der Waals surface area contributed by atoms with Gasteiger partial charge in [0.15, 0.2) is 9.84 Å². The summed E-state index contributed by atoms with van der Waals surface area (Å²) >= 11 is 0.